The average molecular weight is 345 g/mol. The molecular formula is C19H21ClN2S. The van der Waals surface area contributed by atoms with E-state index in [0.717, 1.165) is 17.3 Å². The van der Waals surface area contributed by atoms with Crippen LogP contribution in [0.2, 0.25) is 5.02 Å². The lowest BCUT2D eigenvalue weighted by atomic mass is 10.1. The predicted molar refractivity (Wildman–Crippen MR) is 99.2 cm³/mol. The minimum atomic E-state index is 0.914. The molecular weight excluding hydrogens is 324 g/mol. The van der Waals surface area contributed by atoms with E-state index in [9.17, 15) is 0 Å². The first kappa shape index (κ1) is 15.4. The van der Waals surface area contributed by atoms with Crippen molar-refractivity contribution in [2.24, 2.45) is 0 Å². The Bertz CT molecular complexity index is 725. The third kappa shape index (κ3) is 2.86. The van der Waals surface area contributed by atoms with Crippen LogP contribution < -0.4 is 4.90 Å². The molecule has 23 heavy (non-hydrogen) atoms. The number of fused-ring (bicyclic) bond motifs is 2. The number of piperidine rings is 1. The van der Waals surface area contributed by atoms with Crippen LogP contribution in [0.3, 0.4) is 0 Å². The van der Waals surface area contributed by atoms with Gasteiger partial charge in [0, 0.05) is 23.4 Å². The Morgan fingerprint density at radius 2 is 1.78 bits per heavy atom. The molecule has 0 bridgehead atoms. The molecule has 1 fully saturated rings. The predicted octanol–water partition coefficient (Wildman–Crippen LogP) is 5.56. The molecule has 0 saturated carbocycles. The van der Waals surface area contributed by atoms with Gasteiger partial charge in [-0.1, -0.05) is 48.0 Å². The molecule has 0 N–H and O–H groups in total. The Balaban J connectivity index is 1.67. The second-order valence-corrected chi connectivity index (χ2v) is 7.81. The van der Waals surface area contributed by atoms with Crippen LogP contribution in [0.25, 0.3) is 0 Å². The lowest BCUT2D eigenvalue weighted by Gasteiger charge is -2.32. The number of benzene rings is 2. The van der Waals surface area contributed by atoms with E-state index in [1.807, 2.05) is 11.8 Å². The van der Waals surface area contributed by atoms with Gasteiger partial charge in [-0.3, -0.25) is 4.90 Å². The van der Waals surface area contributed by atoms with Gasteiger partial charge in [0.15, 0.2) is 0 Å². The lowest BCUT2D eigenvalue weighted by Crippen LogP contribution is -2.29. The molecule has 2 heterocycles. The van der Waals surface area contributed by atoms with Crippen molar-refractivity contribution in [3.8, 4) is 0 Å². The van der Waals surface area contributed by atoms with Crippen molar-refractivity contribution >= 4 is 34.7 Å². The highest BCUT2D eigenvalue weighted by molar-refractivity contribution is 7.99. The maximum Gasteiger partial charge on any atom is 0.0742 e. The molecule has 0 unspecified atom stereocenters. The number of para-hydroxylation sites is 1. The second-order valence-electron chi connectivity index (χ2n) is 6.35. The smallest absolute Gasteiger partial charge is 0.0742 e. The minimum Gasteiger partial charge on any atom is -0.342 e. The van der Waals surface area contributed by atoms with Gasteiger partial charge in [0.25, 0.3) is 0 Å². The van der Waals surface area contributed by atoms with Gasteiger partial charge in [-0.25, -0.2) is 0 Å². The highest BCUT2D eigenvalue weighted by atomic mass is 35.5. The highest BCUT2D eigenvalue weighted by Crippen LogP contribution is 2.50. The molecule has 2 aromatic carbocycles. The summed E-state index contributed by atoms with van der Waals surface area (Å²) in [5, 5.41) is 0.914. The average Bonchev–Trinajstić information content (AvgIpc) is 2.58. The number of likely N-dealkylation sites (tertiary alicyclic amines) is 1. The van der Waals surface area contributed by atoms with Gasteiger partial charge in [-0.2, -0.15) is 0 Å². The molecule has 0 radical (unpaired) electrons. The molecule has 4 rings (SSSR count). The fourth-order valence-electron chi connectivity index (χ4n) is 3.52. The third-order valence-corrected chi connectivity index (χ3v) is 6.32. The van der Waals surface area contributed by atoms with E-state index < -0.39 is 0 Å². The highest BCUT2D eigenvalue weighted by Gasteiger charge is 2.25. The molecule has 2 aliphatic heterocycles. The van der Waals surface area contributed by atoms with Crippen LogP contribution in [0, 0.1) is 0 Å². The van der Waals surface area contributed by atoms with E-state index in [1.165, 1.54) is 53.4 Å². The Morgan fingerprint density at radius 1 is 1.00 bits per heavy atom. The van der Waals surface area contributed by atoms with Gasteiger partial charge in [0.1, 0.15) is 0 Å². The monoisotopic (exact) mass is 344 g/mol. The Morgan fingerprint density at radius 3 is 2.61 bits per heavy atom. The molecule has 0 spiro atoms. The SMILES string of the molecule is CN1c2ccccc2Sc2ccc(CN3CCCCC3)c(Cl)c21. The standard InChI is InChI=1S/C19H21ClN2S/c1-21-15-7-3-4-8-16(15)23-17-10-9-14(18(20)19(17)21)13-22-11-5-2-6-12-22/h3-4,7-10H,2,5-6,11-13H2,1H3. The lowest BCUT2D eigenvalue weighted by molar-refractivity contribution is 0.221. The molecule has 0 aliphatic carbocycles. The largest absolute Gasteiger partial charge is 0.342 e. The summed E-state index contributed by atoms with van der Waals surface area (Å²) in [7, 11) is 2.12. The maximum atomic E-state index is 6.83. The van der Waals surface area contributed by atoms with Crippen LogP contribution >= 0.6 is 23.4 Å². The second kappa shape index (κ2) is 6.39. The summed E-state index contributed by atoms with van der Waals surface area (Å²) >= 11 is 8.64. The van der Waals surface area contributed by atoms with Gasteiger partial charge in [0.05, 0.1) is 16.4 Å². The Kier molecular flexibility index (Phi) is 4.27. The fourth-order valence-corrected chi connectivity index (χ4v) is 5.10. The van der Waals surface area contributed by atoms with E-state index in [2.05, 4.69) is 53.2 Å². The molecule has 2 aromatic rings. The molecule has 0 atom stereocenters. The van der Waals surface area contributed by atoms with Crippen LogP contribution in [-0.2, 0) is 6.54 Å². The van der Waals surface area contributed by atoms with Crippen molar-refractivity contribution in [1.29, 1.82) is 0 Å². The van der Waals surface area contributed by atoms with Gasteiger partial charge in [-0.15, -0.1) is 0 Å². The number of anilines is 2. The Hall–Kier alpha value is -1.16. The molecule has 2 nitrogen and oxygen atoms in total. The first-order valence-corrected chi connectivity index (χ1v) is 9.48. The normalized spacial score (nSPS) is 17.7. The first-order valence-electron chi connectivity index (χ1n) is 8.28. The van der Waals surface area contributed by atoms with E-state index in [-0.39, 0.29) is 0 Å². The topological polar surface area (TPSA) is 6.48 Å². The summed E-state index contributed by atoms with van der Waals surface area (Å²) in [4.78, 5) is 7.31. The zero-order valence-corrected chi connectivity index (χ0v) is 15.0. The van der Waals surface area contributed by atoms with E-state index >= 15 is 0 Å². The molecule has 4 heteroatoms. The third-order valence-electron chi connectivity index (χ3n) is 4.78. The van der Waals surface area contributed by atoms with Crippen LogP contribution in [0.15, 0.2) is 46.2 Å². The summed E-state index contributed by atoms with van der Waals surface area (Å²) in [5.41, 5.74) is 3.64. The number of hydrogen-bond acceptors (Lipinski definition) is 3. The van der Waals surface area contributed by atoms with Crippen molar-refractivity contribution in [3.05, 3.63) is 47.0 Å². The Labute approximate surface area is 147 Å². The summed E-state index contributed by atoms with van der Waals surface area (Å²) in [6, 6.07) is 13.0. The minimum absolute atomic E-state index is 0.914. The molecule has 120 valence electrons. The van der Waals surface area contributed by atoms with Crippen molar-refractivity contribution in [2.45, 2.75) is 35.6 Å². The van der Waals surface area contributed by atoms with Crippen molar-refractivity contribution in [1.82, 2.24) is 4.90 Å². The molecule has 0 aromatic heterocycles. The summed E-state index contributed by atoms with van der Waals surface area (Å²) in [6.45, 7) is 3.36. The van der Waals surface area contributed by atoms with Gasteiger partial charge < -0.3 is 4.90 Å². The fraction of sp³-hybridized carbons (Fsp3) is 0.368. The molecule has 1 saturated heterocycles. The number of rotatable bonds is 2. The maximum absolute atomic E-state index is 6.83. The van der Waals surface area contributed by atoms with Gasteiger partial charge in [-0.05, 0) is 49.7 Å². The van der Waals surface area contributed by atoms with E-state index in [4.69, 9.17) is 11.6 Å². The molecule has 2 aliphatic rings. The van der Waals surface area contributed by atoms with Gasteiger partial charge in [0.2, 0.25) is 0 Å². The first-order chi connectivity index (χ1) is 11.2. The van der Waals surface area contributed by atoms with Crippen LogP contribution in [-0.4, -0.2) is 25.0 Å². The summed E-state index contributed by atoms with van der Waals surface area (Å²) in [6.07, 6.45) is 3.99. The number of hydrogen-bond donors (Lipinski definition) is 0. The number of halogens is 1. The van der Waals surface area contributed by atoms with E-state index in [0.29, 0.717) is 0 Å². The molecule has 0 amide bonds. The summed E-state index contributed by atoms with van der Waals surface area (Å²) < 4.78 is 0. The zero-order valence-electron chi connectivity index (χ0n) is 13.4. The van der Waals surface area contributed by atoms with Crippen molar-refractivity contribution < 1.29 is 0 Å². The van der Waals surface area contributed by atoms with Gasteiger partial charge >= 0.3 is 0 Å². The van der Waals surface area contributed by atoms with Crippen molar-refractivity contribution in [3.63, 3.8) is 0 Å². The van der Waals surface area contributed by atoms with Crippen LogP contribution in [0.4, 0.5) is 11.4 Å². The van der Waals surface area contributed by atoms with Crippen LogP contribution in [0.1, 0.15) is 24.8 Å². The van der Waals surface area contributed by atoms with Crippen LogP contribution in [0.5, 0.6) is 0 Å². The summed E-state index contributed by atoms with van der Waals surface area (Å²) in [5.74, 6) is 0. The quantitative estimate of drug-likeness (QED) is 0.704. The number of nitrogens with zero attached hydrogens (tertiary/aromatic N) is 2. The van der Waals surface area contributed by atoms with E-state index in [1.54, 1.807) is 0 Å². The zero-order chi connectivity index (χ0) is 15.8. The van der Waals surface area contributed by atoms with Crippen molar-refractivity contribution in [2.75, 3.05) is 25.0 Å².